The van der Waals surface area contributed by atoms with E-state index in [2.05, 4.69) is 0 Å². The Morgan fingerprint density at radius 3 is 2.93 bits per heavy atom. The Labute approximate surface area is 86.4 Å². The van der Waals surface area contributed by atoms with Gasteiger partial charge in [-0.25, -0.2) is 4.39 Å². The Morgan fingerprint density at radius 2 is 2.21 bits per heavy atom. The predicted octanol–water partition coefficient (Wildman–Crippen LogP) is 2.93. The van der Waals surface area contributed by atoms with Crippen molar-refractivity contribution < 1.29 is 4.39 Å². The van der Waals surface area contributed by atoms with Crippen LogP contribution in [0.3, 0.4) is 0 Å². The summed E-state index contributed by atoms with van der Waals surface area (Å²) in [6, 6.07) is 7.06. The summed E-state index contributed by atoms with van der Waals surface area (Å²) >= 11 is 1.69. The van der Waals surface area contributed by atoms with E-state index in [0.717, 1.165) is 16.5 Å². The molecule has 0 bridgehead atoms. The zero-order chi connectivity index (χ0) is 10.1. The Hall–Kier alpha value is -0.930. The summed E-state index contributed by atoms with van der Waals surface area (Å²) < 4.78 is 14.0. The van der Waals surface area contributed by atoms with Crippen molar-refractivity contribution in [3.8, 4) is 0 Å². The van der Waals surface area contributed by atoms with Crippen molar-refractivity contribution in [2.24, 2.45) is 5.73 Å². The SMILES string of the molecule is CC(N)Cc1cc2cc(F)ccc2s1. The molecule has 1 aromatic heterocycles. The van der Waals surface area contributed by atoms with Crippen LogP contribution in [0, 0.1) is 5.82 Å². The first-order valence-corrected chi connectivity index (χ1v) is 5.40. The number of hydrogen-bond acceptors (Lipinski definition) is 2. The highest BCUT2D eigenvalue weighted by Gasteiger charge is 2.04. The summed E-state index contributed by atoms with van der Waals surface area (Å²) in [6.45, 7) is 1.98. The van der Waals surface area contributed by atoms with Gasteiger partial charge in [-0.2, -0.15) is 0 Å². The highest BCUT2D eigenvalue weighted by atomic mass is 32.1. The van der Waals surface area contributed by atoms with E-state index in [9.17, 15) is 4.39 Å². The van der Waals surface area contributed by atoms with E-state index in [-0.39, 0.29) is 11.9 Å². The maximum absolute atomic E-state index is 12.9. The van der Waals surface area contributed by atoms with Crippen molar-refractivity contribution in [2.75, 3.05) is 0 Å². The molecule has 0 aliphatic carbocycles. The van der Waals surface area contributed by atoms with Gasteiger partial charge < -0.3 is 5.73 Å². The number of hydrogen-bond donors (Lipinski definition) is 1. The Bertz CT molecular complexity index is 447. The minimum absolute atomic E-state index is 0.160. The van der Waals surface area contributed by atoms with Gasteiger partial charge in [0.05, 0.1) is 0 Å². The molecular formula is C11H12FNS. The lowest BCUT2D eigenvalue weighted by molar-refractivity contribution is 0.630. The van der Waals surface area contributed by atoms with Gasteiger partial charge in [0.1, 0.15) is 5.82 Å². The quantitative estimate of drug-likeness (QED) is 0.808. The van der Waals surface area contributed by atoms with Crippen LogP contribution in [-0.4, -0.2) is 6.04 Å². The molecule has 2 aromatic rings. The first-order valence-electron chi connectivity index (χ1n) is 4.59. The van der Waals surface area contributed by atoms with Crippen molar-refractivity contribution >= 4 is 21.4 Å². The predicted molar refractivity (Wildman–Crippen MR) is 59.1 cm³/mol. The summed E-state index contributed by atoms with van der Waals surface area (Å²) in [5, 5.41) is 0.977. The molecule has 1 aromatic carbocycles. The second kappa shape index (κ2) is 3.67. The normalized spacial score (nSPS) is 13.4. The summed E-state index contributed by atoms with van der Waals surface area (Å²) in [4.78, 5) is 1.22. The molecule has 0 radical (unpaired) electrons. The maximum Gasteiger partial charge on any atom is 0.123 e. The van der Waals surface area contributed by atoms with Gasteiger partial charge in [0.2, 0.25) is 0 Å². The summed E-state index contributed by atoms with van der Waals surface area (Å²) in [7, 11) is 0. The number of thiophene rings is 1. The van der Waals surface area contributed by atoms with Crippen molar-refractivity contribution in [2.45, 2.75) is 19.4 Å². The molecule has 3 heteroatoms. The van der Waals surface area contributed by atoms with Crippen molar-refractivity contribution in [3.05, 3.63) is 35.0 Å². The fourth-order valence-electron chi connectivity index (χ4n) is 1.49. The third-order valence-electron chi connectivity index (χ3n) is 2.05. The molecule has 0 fully saturated rings. The Kier molecular flexibility index (Phi) is 2.52. The zero-order valence-electron chi connectivity index (χ0n) is 7.96. The molecule has 1 nitrogen and oxygen atoms in total. The fourth-order valence-corrected chi connectivity index (χ4v) is 2.67. The van der Waals surface area contributed by atoms with Gasteiger partial charge in [0.25, 0.3) is 0 Å². The Morgan fingerprint density at radius 1 is 1.43 bits per heavy atom. The Balaban J connectivity index is 2.41. The van der Waals surface area contributed by atoms with Gasteiger partial charge in [0, 0.05) is 15.6 Å². The van der Waals surface area contributed by atoms with Crippen LogP contribution in [0.1, 0.15) is 11.8 Å². The molecule has 2 N–H and O–H groups in total. The van der Waals surface area contributed by atoms with E-state index in [4.69, 9.17) is 5.73 Å². The highest BCUT2D eigenvalue weighted by Crippen LogP contribution is 2.26. The first kappa shape index (κ1) is 9.62. The molecule has 0 saturated heterocycles. The molecule has 0 aliphatic heterocycles. The van der Waals surface area contributed by atoms with Crippen LogP contribution in [0.15, 0.2) is 24.3 Å². The van der Waals surface area contributed by atoms with Crippen LogP contribution in [0.2, 0.25) is 0 Å². The second-order valence-electron chi connectivity index (χ2n) is 3.58. The van der Waals surface area contributed by atoms with Crippen molar-refractivity contribution in [1.29, 1.82) is 0 Å². The van der Waals surface area contributed by atoms with Gasteiger partial charge in [-0.05, 0) is 43.0 Å². The first-order chi connectivity index (χ1) is 6.65. The maximum atomic E-state index is 12.9. The minimum atomic E-state index is -0.178. The van der Waals surface area contributed by atoms with Gasteiger partial charge in [-0.1, -0.05) is 0 Å². The number of benzene rings is 1. The molecule has 0 amide bonds. The van der Waals surface area contributed by atoms with E-state index < -0.39 is 0 Å². The monoisotopic (exact) mass is 209 g/mol. The van der Waals surface area contributed by atoms with E-state index in [1.165, 1.54) is 10.9 Å². The molecule has 74 valence electrons. The summed E-state index contributed by atoms with van der Waals surface area (Å²) in [5.41, 5.74) is 5.71. The summed E-state index contributed by atoms with van der Waals surface area (Å²) in [5.74, 6) is -0.178. The lowest BCUT2D eigenvalue weighted by Gasteiger charge is -1.99. The van der Waals surface area contributed by atoms with Crippen LogP contribution in [0.5, 0.6) is 0 Å². The third-order valence-corrected chi connectivity index (χ3v) is 3.19. The van der Waals surface area contributed by atoms with Crippen LogP contribution < -0.4 is 5.73 Å². The van der Waals surface area contributed by atoms with E-state index in [0.29, 0.717) is 0 Å². The topological polar surface area (TPSA) is 26.0 Å². The van der Waals surface area contributed by atoms with Crippen LogP contribution in [0.4, 0.5) is 4.39 Å². The van der Waals surface area contributed by atoms with Gasteiger partial charge in [0.15, 0.2) is 0 Å². The highest BCUT2D eigenvalue weighted by molar-refractivity contribution is 7.19. The standard InChI is InChI=1S/C11H12FNS/c1-7(13)4-10-6-8-5-9(12)2-3-11(8)14-10/h2-3,5-7H,4,13H2,1H3. The molecule has 1 atom stereocenters. The number of fused-ring (bicyclic) bond motifs is 1. The number of nitrogens with two attached hydrogens (primary N) is 1. The molecule has 0 saturated carbocycles. The lowest BCUT2D eigenvalue weighted by atomic mass is 10.2. The average molecular weight is 209 g/mol. The smallest absolute Gasteiger partial charge is 0.123 e. The van der Waals surface area contributed by atoms with Crippen LogP contribution in [0.25, 0.3) is 10.1 Å². The molecule has 0 spiro atoms. The largest absolute Gasteiger partial charge is 0.328 e. The van der Waals surface area contributed by atoms with E-state index in [1.807, 2.05) is 19.1 Å². The van der Waals surface area contributed by atoms with Crippen LogP contribution >= 0.6 is 11.3 Å². The number of rotatable bonds is 2. The van der Waals surface area contributed by atoms with Crippen LogP contribution in [-0.2, 0) is 6.42 Å². The molecule has 1 unspecified atom stereocenters. The molecule has 2 rings (SSSR count). The molecule has 1 heterocycles. The average Bonchev–Trinajstić information content (AvgIpc) is 2.44. The minimum Gasteiger partial charge on any atom is -0.328 e. The second-order valence-corrected chi connectivity index (χ2v) is 4.74. The molecule has 0 aliphatic rings. The van der Waals surface area contributed by atoms with Gasteiger partial charge in [-0.15, -0.1) is 11.3 Å². The van der Waals surface area contributed by atoms with Gasteiger partial charge in [-0.3, -0.25) is 0 Å². The number of halogens is 1. The van der Waals surface area contributed by atoms with Crippen molar-refractivity contribution in [1.82, 2.24) is 0 Å². The lowest BCUT2D eigenvalue weighted by Crippen LogP contribution is -2.16. The zero-order valence-corrected chi connectivity index (χ0v) is 8.77. The van der Waals surface area contributed by atoms with Gasteiger partial charge >= 0.3 is 0 Å². The fraction of sp³-hybridized carbons (Fsp3) is 0.273. The van der Waals surface area contributed by atoms with E-state index in [1.54, 1.807) is 17.4 Å². The summed E-state index contributed by atoms with van der Waals surface area (Å²) in [6.07, 6.45) is 0.862. The third kappa shape index (κ3) is 1.94. The molecule has 14 heavy (non-hydrogen) atoms. The molecular weight excluding hydrogens is 197 g/mol. The van der Waals surface area contributed by atoms with E-state index >= 15 is 0 Å². The van der Waals surface area contributed by atoms with Crippen molar-refractivity contribution in [3.63, 3.8) is 0 Å².